The third-order valence-electron chi connectivity index (χ3n) is 3.53. The van der Waals surface area contributed by atoms with Gasteiger partial charge in [-0.3, -0.25) is 4.98 Å². The minimum atomic E-state index is 1.06. The summed E-state index contributed by atoms with van der Waals surface area (Å²) in [6, 6.07) is 8.76. The number of aryl methyl sites for hydroxylation is 2. The van der Waals surface area contributed by atoms with Gasteiger partial charge in [0.2, 0.25) is 0 Å². The van der Waals surface area contributed by atoms with Crippen molar-refractivity contribution in [2.24, 2.45) is 0 Å². The summed E-state index contributed by atoms with van der Waals surface area (Å²) in [5, 5.41) is 4.67. The van der Waals surface area contributed by atoms with Gasteiger partial charge in [0.25, 0.3) is 0 Å². The summed E-state index contributed by atoms with van der Waals surface area (Å²) >= 11 is 0. The zero-order valence-electron chi connectivity index (χ0n) is 11.0. The maximum Gasteiger partial charge on any atom is 0.0728 e. The summed E-state index contributed by atoms with van der Waals surface area (Å²) in [5.74, 6) is 0. The molecule has 0 radical (unpaired) electrons. The van der Waals surface area contributed by atoms with Crippen LogP contribution >= 0.6 is 0 Å². The van der Waals surface area contributed by atoms with E-state index in [1.807, 2.05) is 0 Å². The lowest BCUT2D eigenvalue weighted by Crippen LogP contribution is -2.43. The topological polar surface area (TPSA) is 28.2 Å². The molecule has 0 saturated carbocycles. The van der Waals surface area contributed by atoms with Gasteiger partial charge >= 0.3 is 0 Å². The van der Waals surface area contributed by atoms with Gasteiger partial charge in [0, 0.05) is 42.9 Å². The van der Waals surface area contributed by atoms with E-state index in [0.717, 1.165) is 37.4 Å². The number of benzene rings is 1. The molecular formula is C15H19N3. The maximum atomic E-state index is 4.65. The van der Waals surface area contributed by atoms with Crippen molar-refractivity contribution in [3.63, 3.8) is 0 Å². The molecule has 0 bridgehead atoms. The van der Waals surface area contributed by atoms with Crippen molar-refractivity contribution in [2.45, 2.75) is 13.8 Å². The van der Waals surface area contributed by atoms with Crippen LogP contribution in [-0.2, 0) is 0 Å². The monoisotopic (exact) mass is 241 g/mol. The smallest absolute Gasteiger partial charge is 0.0728 e. The van der Waals surface area contributed by atoms with Crippen LogP contribution < -0.4 is 10.2 Å². The minimum absolute atomic E-state index is 1.06. The Morgan fingerprint density at radius 3 is 2.67 bits per heavy atom. The molecule has 1 aliphatic rings. The van der Waals surface area contributed by atoms with Crippen LogP contribution in [0.5, 0.6) is 0 Å². The van der Waals surface area contributed by atoms with Crippen LogP contribution in [0.15, 0.2) is 24.3 Å². The Kier molecular flexibility index (Phi) is 2.92. The number of hydrogen-bond acceptors (Lipinski definition) is 3. The molecule has 18 heavy (non-hydrogen) atoms. The van der Waals surface area contributed by atoms with E-state index < -0.39 is 0 Å². The van der Waals surface area contributed by atoms with Crippen molar-refractivity contribution in [1.29, 1.82) is 0 Å². The number of aromatic nitrogens is 1. The number of piperazine rings is 1. The number of nitrogens with zero attached hydrogens (tertiary/aromatic N) is 2. The van der Waals surface area contributed by atoms with Gasteiger partial charge in [0.1, 0.15) is 0 Å². The molecule has 0 unspecified atom stereocenters. The molecule has 1 N–H and O–H groups in total. The molecule has 94 valence electrons. The van der Waals surface area contributed by atoms with Crippen LogP contribution in [0.4, 0.5) is 5.69 Å². The normalized spacial score (nSPS) is 16.2. The van der Waals surface area contributed by atoms with E-state index >= 15 is 0 Å². The average molecular weight is 241 g/mol. The van der Waals surface area contributed by atoms with E-state index in [2.05, 4.69) is 53.3 Å². The van der Waals surface area contributed by atoms with E-state index in [0.29, 0.717) is 0 Å². The highest BCUT2D eigenvalue weighted by molar-refractivity contribution is 5.92. The van der Waals surface area contributed by atoms with E-state index in [-0.39, 0.29) is 0 Å². The maximum absolute atomic E-state index is 4.65. The third kappa shape index (κ3) is 2.06. The first-order valence-electron chi connectivity index (χ1n) is 6.58. The Hall–Kier alpha value is -1.61. The number of pyridine rings is 1. The fourth-order valence-electron chi connectivity index (χ4n) is 2.62. The molecule has 0 atom stereocenters. The fourth-order valence-corrected chi connectivity index (χ4v) is 2.62. The van der Waals surface area contributed by atoms with Crippen molar-refractivity contribution >= 4 is 16.6 Å². The lowest BCUT2D eigenvalue weighted by atomic mass is 10.1. The molecule has 1 fully saturated rings. The van der Waals surface area contributed by atoms with Crippen molar-refractivity contribution in [3.8, 4) is 0 Å². The standard InChI is InChI=1S/C15H19N3/c1-11-3-4-13-14(9-11)17-12(2)10-15(13)18-7-5-16-6-8-18/h3-4,9-10,16H,5-8H2,1-2H3. The highest BCUT2D eigenvalue weighted by Gasteiger charge is 2.14. The number of rotatable bonds is 1. The molecule has 3 heteroatoms. The van der Waals surface area contributed by atoms with Crippen molar-refractivity contribution in [1.82, 2.24) is 10.3 Å². The highest BCUT2D eigenvalue weighted by atomic mass is 15.2. The van der Waals surface area contributed by atoms with Gasteiger partial charge < -0.3 is 10.2 Å². The summed E-state index contributed by atoms with van der Waals surface area (Å²) < 4.78 is 0. The highest BCUT2D eigenvalue weighted by Crippen LogP contribution is 2.27. The van der Waals surface area contributed by atoms with Gasteiger partial charge in [-0.25, -0.2) is 0 Å². The zero-order chi connectivity index (χ0) is 12.5. The van der Waals surface area contributed by atoms with Gasteiger partial charge in [0.05, 0.1) is 5.52 Å². The second-order valence-electron chi connectivity index (χ2n) is 5.04. The summed E-state index contributed by atoms with van der Waals surface area (Å²) in [6.45, 7) is 8.48. The van der Waals surface area contributed by atoms with Crippen LogP contribution in [0.1, 0.15) is 11.3 Å². The molecule has 3 rings (SSSR count). The van der Waals surface area contributed by atoms with E-state index in [9.17, 15) is 0 Å². The molecule has 2 aromatic rings. The Bertz CT molecular complexity index is 566. The molecule has 0 spiro atoms. The van der Waals surface area contributed by atoms with Crippen molar-refractivity contribution < 1.29 is 0 Å². The van der Waals surface area contributed by atoms with E-state index in [1.165, 1.54) is 16.6 Å². The van der Waals surface area contributed by atoms with Gasteiger partial charge in [-0.2, -0.15) is 0 Å². The van der Waals surface area contributed by atoms with Gasteiger partial charge in [-0.05, 0) is 31.5 Å². The molecule has 1 aliphatic heterocycles. The first-order chi connectivity index (χ1) is 8.74. The second kappa shape index (κ2) is 4.58. The number of anilines is 1. The predicted molar refractivity (Wildman–Crippen MR) is 76.3 cm³/mol. The van der Waals surface area contributed by atoms with Crippen molar-refractivity contribution in [3.05, 3.63) is 35.5 Å². The third-order valence-corrected chi connectivity index (χ3v) is 3.53. The molecule has 0 amide bonds. The summed E-state index contributed by atoms with van der Waals surface area (Å²) in [5.41, 5.74) is 4.82. The van der Waals surface area contributed by atoms with Crippen LogP contribution in [0.2, 0.25) is 0 Å². The lowest BCUT2D eigenvalue weighted by molar-refractivity contribution is 0.590. The van der Waals surface area contributed by atoms with Crippen LogP contribution in [0.3, 0.4) is 0 Å². The number of fused-ring (bicyclic) bond motifs is 1. The predicted octanol–water partition coefficient (Wildman–Crippen LogP) is 2.26. The quantitative estimate of drug-likeness (QED) is 0.830. The average Bonchev–Trinajstić information content (AvgIpc) is 2.38. The summed E-state index contributed by atoms with van der Waals surface area (Å²) in [7, 11) is 0. The van der Waals surface area contributed by atoms with Crippen LogP contribution in [-0.4, -0.2) is 31.2 Å². The molecular weight excluding hydrogens is 222 g/mol. The first-order valence-corrected chi connectivity index (χ1v) is 6.58. The molecule has 1 saturated heterocycles. The van der Waals surface area contributed by atoms with E-state index in [1.54, 1.807) is 0 Å². The Morgan fingerprint density at radius 1 is 1.11 bits per heavy atom. The molecule has 2 heterocycles. The number of nitrogens with one attached hydrogen (secondary N) is 1. The van der Waals surface area contributed by atoms with Gasteiger partial charge in [0.15, 0.2) is 0 Å². The summed E-state index contributed by atoms with van der Waals surface area (Å²) in [4.78, 5) is 7.11. The number of hydrogen-bond donors (Lipinski definition) is 1. The van der Waals surface area contributed by atoms with Crippen LogP contribution in [0, 0.1) is 13.8 Å². The fraction of sp³-hybridized carbons (Fsp3) is 0.400. The van der Waals surface area contributed by atoms with Gasteiger partial charge in [-0.1, -0.05) is 12.1 Å². The molecule has 0 aliphatic carbocycles. The van der Waals surface area contributed by atoms with Gasteiger partial charge in [-0.15, -0.1) is 0 Å². The largest absolute Gasteiger partial charge is 0.368 e. The second-order valence-corrected chi connectivity index (χ2v) is 5.04. The Balaban J connectivity index is 2.14. The Morgan fingerprint density at radius 2 is 1.89 bits per heavy atom. The summed E-state index contributed by atoms with van der Waals surface area (Å²) in [6.07, 6.45) is 0. The molecule has 1 aromatic heterocycles. The SMILES string of the molecule is Cc1ccc2c(N3CCNCC3)cc(C)nc2c1. The van der Waals surface area contributed by atoms with Crippen LogP contribution in [0.25, 0.3) is 10.9 Å². The van der Waals surface area contributed by atoms with Crippen molar-refractivity contribution in [2.75, 3.05) is 31.1 Å². The Labute approximate surface area is 108 Å². The molecule has 1 aromatic carbocycles. The first kappa shape index (κ1) is 11.5. The van der Waals surface area contributed by atoms with E-state index in [4.69, 9.17) is 0 Å². The molecule has 3 nitrogen and oxygen atoms in total. The zero-order valence-corrected chi connectivity index (χ0v) is 11.0. The minimum Gasteiger partial charge on any atom is -0.368 e. The lowest BCUT2D eigenvalue weighted by Gasteiger charge is -2.30.